The molecule has 118 heavy (non-hydrogen) atoms. The third-order valence-electron chi connectivity index (χ3n) is 19.5. The molecule has 1 aliphatic heterocycles. The Morgan fingerprint density at radius 2 is 0.915 bits per heavy atom. The van der Waals surface area contributed by atoms with Crippen LogP contribution in [0.25, 0.3) is 10.8 Å². The number of halogens is 1. The van der Waals surface area contributed by atoms with Gasteiger partial charge in [-0.05, 0) is 124 Å². The largest absolute Gasteiger partial charge is 0.394 e. The van der Waals surface area contributed by atoms with E-state index in [0.29, 0.717) is 69.2 Å². The van der Waals surface area contributed by atoms with Crippen molar-refractivity contribution in [2.75, 3.05) is 35.3 Å². The number of aromatic amines is 2. The lowest BCUT2D eigenvalue weighted by Gasteiger charge is -2.31. The molecular formula is C83H102ClN23O11. The van der Waals surface area contributed by atoms with Crippen LogP contribution >= 0.6 is 11.6 Å². The van der Waals surface area contributed by atoms with Gasteiger partial charge in [-0.1, -0.05) is 148 Å². The number of rotatable bonds is 40. The number of H-pyrrole nitrogens is 2. The van der Waals surface area contributed by atoms with Gasteiger partial charge in [-0.2, -0.15) is 9.97 Å². The van der Waals surface area contributed by atoms with E-state index in [1.807, 2.05) is 94.4 Å². The minimum atomic E-state index is -1.85. The van der Waals surface area contributed by atoms with Gasteiger partial charge in [0.1, 0.15) is 54.4 Å². The van der Waals surface area contributed by atoms with Crippen molar-refractivity contribution in [3.05, 3.63) is 208 Å². The molecule has 3 aromatic heterocycles. The number of nitrogen functional groups attached to an aromatic ring is 2. The number of carbonyl (C=O) groups is 10. The van der Waals surface area contributed by atoms with Crippen molar-refractivity contribution in [3.63, 3.8) is 0 Å². The van der Waals surface area contributed by atoms with Gasteiger partial charge in [0.15, 0.2) is 0 Å². The minimum Gasteiger partial charge on any atom is -0.394 e. The summed E-state index contributed by atoms with van der Waals surface area (Å²) in [5.74, 6) is -7.63. The van der Waals surface area contributed by atoms with E-state index in [9.17, 15) is 19.5 Å². The van der Waals surface area contributed by atoms with Gasteiger partial charge in [-0.15, -0.1) is 10.2 Å². The van der Waals surface area contributed by atoms with Crippen LogP contribution in [0.1, 0.15) is 99.7 Å². The predicted octanol–water partition coefficient (Wildman–Crippen LogP) is 3.38. The fourth-order valence-corrected chi connectivity index (χ4v) is 13.6. The average Bonchev–Trinajstić information content (AvgIpc) is 1.55. The quantitative estimate of drug-likeness (QED) is 0.0245. The van der Waals surface area contributed by atoms with Gasteiger partial charge in [-0.3, -0.25) is 52.9 Å². The van der Waals surface area contributed by atoms with Crippen molar-refractivity contribution >= 4 is 117 Å². The molecule has 4 heterocycles. The molecule has 0 aliphatic carbocycles. The van der Waals surface area contributed by atoms with Gasteiger partial charge in [-0.25, -0.2) is 10.2 Å². The van der Waals surface area contributed by atoms with Crippen molar-refractivity contribution in [2.45, 2.75) is 172 Å². The predicted molar refractivity (Wildman–Crippen MR) is 446 cm³/mol. The summed E-state index contributed by atoms with van der Waals surface area (Å²) in [6.45, 7) is 10.3. The third-order valence-corrected chi connectivity index (χ3v) is 19.7. The molecule has 0 radical (unpaired) electrons. The molecule has 6 aromatic carbocycles. The number of fused-ring (bicyclic) bond motifs is 1. The van der Waals surface area contributed by atoms with Crippen molar-refractivity contribution in [2.24, 2.45) is 11.7 Å². The van der Waals surface area contributed by atoms with Crippen molar-refractivity contribution in [1.82, 2.24) is 93.4 Å². The van der Waals surface area contributed by atoms with Crippen molar-refractivity contribution < 1.29 is 53.1 Å². The number of anilines is 6. The highest BCUT2D eigenvalue weighted by Crippen LogP contribution is 2.24. The van der Waals surface area contributed by atoms with E-state index >= 15 is 33.6 Å². The molecule has 0 saturated carbocycles. The monoisotopic (exact) mass is 1630 g/mol. The molecule has 622 valence electrons. The standard InChI is InChI=1S/C83H102ClN23O11/c1-46(2)35-62(71(110)99-68(40-50-15-17-54(18-16-50)44-89-47(3)4)79(118)107-34-10-14-70(107)78(117)90-48(5)85)94-73(112)65(38-52-22-29-60(30-23-52)92-82-101-80(86)103-105-82)96-75(114)66(39-53-24-31-61(32-25-53)93-83-102-81(87)104-106-83)98-77(116)69(45-108)100-76(115)67(42-56-11-9-33-88-43-56)97-74(113)64(37-51-20-27-59(84)28-21-51)95-72(111)63(91-49(6)109)41-55-19-26-57-12-7-8-13-58(57)36-55/h7-9,11-13,15-33,36,43,46-48,62-70,89,108H,10,14,34-35,37-42,44-45,85H2,1-6H3,(H,90,117)(H,91,109)(H,94,112)(H,95,111)(H,96,114)(H,97,113)(H,98,116)(H,99,110)(H,100,115)(H4,86,92,101,103,105)(H4,87,93,102,104,106)/t48-,62+,63-,64-,65-,66+,67-,68+,69+,70+/m1/s1. The number of aliphatic hydroxyl groups excluding tert-OH is 1. The number of hydrogen-bond acceptors (Lipinski definition) is 22. The number of nitrogens with zero attached hydrogens (tertiary/aromatic N) is 6. The van der Waals surface area contributed by atoms with Gasteiger partial charge < -0.3 is 91.0 Å². The van der Waals surface area contributed by atoms with E-state index in [2.05, 4.69) is 99.1 Å². The Balaban J connectivity index is 0.939. The van der Waals surface area contributed by atoms with Crippen LogP contribution in [-0.2, 0) is 93.0 Å². The SMILES string of the molecule is CC(=O)N[C@H](Cc1ccc2ccccc2c1)C(=O)N[C@H](Cc1ccc(Cl)cc1)C(=O)N[C@H](Cc1cccnc1)C(=O)N[C@@H](CO)C(=O)N[C@@H](Cc1ccc(Nc2n[nH]c(N)n2)cc1)C(=O)N[C@H](Cc1ccc(Nc2n[nH]c(N)n2)cc1)C(=O)N[C@@H](CC(C)C)C(=O)N[C@@H](Cc1ccc(CNC(C)C)cc1)C(=O)N1CCC[C@H]1C(=O)N[C@H](C)N. The normalized spacial score (nSPS) is 14.9. The zero-order chi connectivity index (χ0) is 84.5. The summed E-state index contributed by atoms with van der Waals surface area (Å²) in [6, 6.07) is 31.3. The minimum absolute atomic E-state index is 0.00652. The molecule has 1 aliphatic rings. The van der Waals surface area contributed by atoms with Crippen LogP contribution in [0.4, 0.5) is 35.2 Å². The Labute approximate surface area is 687 Å². The number of aliphatic hydroxyl groups is 1. The molecule has 10 rings (SSSR count). The molecule has 9 aromatic rings. The lowest BCUT2D eigenvalue weighted by molar-refractivity contribution is -0.142. The average molecular weight is 1630 g/mol. The molecule has 1 saturated heterocycles. The first kappa shape index (κ1) is 87.5. The van der Waals surface area contributed by atoms with E-state index in [1.54, 1.807) is 91.9 Å². The summed E-state index contributed by atoms with van der Waals surface area (Å²) in [4.78, 5) is 161. The number of likely N-dealkylation sites (tertiary alicyclic amines) is 1. The molecule has 1 fully saturated rings. The molecule has 0 spiro atoms. The highest BCUT2D eigenvalue weighted by Gasteiger charge is 2.40. The first-order valence-electron chi connectivity index (χ1n) is 38.9. The molecule has 34 nitrogen and oxygen atoms in total. The first-order chi connectivity index (χ1) is 56.6. The van der Waals surface area contributed by atoms with Crippen molar-refractivity contribution in [1.29, 1.82) is 0 Å². The second kappa shape index (κ2) is 42.1. The third kappa shape index (κ3) is 26.3. The Kier molecular flexibility index (Phi) is 31.2. The zero-order valence-corrected chi connectivity index (χ0v) is 67.1. The number of nitrogens with one attached hydrogen (secondary N) is 14. The Bertz CT molecular complexity index is 4920. The van der Waals surface area contributed by atoms with Crippen LogP contribution in [0.15, 0.2) is 164 Å². The summed E-state index contributed by atoms with van der Waals surface area (Å²) < 4.78 is 0. The van der Waals surface area contributed by atoms with Crippen LogP contribution in [0.2, 0.25) is 5.02 Å². The van der Waals surface area contributed by atoms with Crippen LogP contribution in [0, 0.1) is 5.92 Å². The van der Waals surface area contributed by atoms with Crippen LogP contribution in [0.3, 0.4) is 0 Å². The first-order valence-corrected chi connectivity index (χ1v) is 39.3. The summed E-state index contributed by atoms with van der Waals surface area (Å²) in [5, 5.41) is 61.0. The van der Waals surface area contributed by atoms with E-state index in [4.69, 9.17) is 28.8 Å². The maximum atomic E-state index is 15.6. The van der Waals surface area contributed by atoms with E-state index < -0.39 is 126 Å². The van der Waals surface area contributed by atoms with Crippen LogP contribution in [-0.4, -0.2) is 184 Å². The van der Waals surface area contributed by atoms with E-state index in [1.165, 1.54) is 24.2 Å². The number of carbonyl (C=O) groups excluding carboxylic acids is 10. The molecule has 0 bridgehead atoms. The topological polar surface area (TPSA) is 513 Å². The Morgan fingerprint density at radius 3 is 1.38 bits per heavy atom. The molecule has 35 heteroatoms. The number of hydrogen-bond donors (Lipinski definition) is 18. The number of aromatic nitrogens is 7. The fourth-order valence-electron chi connectivity index (χ4n) is 13.5. The summed E-state index contributed by atoms with van der Waals surface area (Å²) in [6.07, 6.45) is 2.18. The molecule has 10 atom stereocenters. The highest BCUT2D eigenvalue weighted by molar-refractivity contribution is 6.30. The smallest absolute Gasteiger partial charge is 0.248 e. The van der Waals surface area contributed by atoms with E-state index in [0.717, 1.165) is 16.3 Å². The van der Waals surface area contributed by atoms with Gasteiger partial charge in [0.05, 0.1) is 12.8 Å². The van der Waals surface area contributed by atoms with Gasteiger partial charge >= 0.3 is 0 Å². The second-order valence-corrected chi connectivity index (χ2v) is 30.4. The molecule has 0 unspecified atom stereocenters. The lowest BCUT2D eigenvalue weighted by Crippen LogP contribution is -2.62. The van der Waals surface area contributed by atoms with Gasteiger partial charge in [0, 0.05) is 93.4 Å². The number of amides is 10. The maximum absolute atomic E-state index is 15.6. The van der Waals surface area contributed by atoms with Gasteiger partial charge in [0.2, 0.25) is 82.9 Å². The van der Waals surface area contributed by atoms with Gasteiger partial charge in [0.25, 0.3) is 0 Å². The summed E-state index contributed by atoms with van der Waals surface area (Å²) >= 11 is 6.29. The fraction of sp³-hybridized carbons (Fsp3) is 0.361. The lowest BCUT2D eigenvalue weighted by atomic mass is 9.98. The molecule has 21 N–H and O–H groups in total. The number of benzene rings is 6. The van der Waals surface area contributed by atoms with Crippen LogP contribution in [0.5, 0.6) is 0 Å². The Hall–Kier alpha value is -12.9. The summed E-state index contributed by atoms with van der Waals surface area (Å²) in [7, 11) is 0. The highest BCUT2D eigenvalue weighted by atomic mass is 35.5. The number of nitrogens with two attached hydrogens (primary N) is 3. The number of pyridine rings is 1. The van der Waals surface area contributed by atoms with Crippen molar-refractivity contribution in [3.8, 4) is 0 Å². The second-order valence-electron chi connectivity index (χ2n) is 30.0. The summed E-state index contributed by atoms with van der Waals surface area (Å²) in [5.41, 5.74) is 22.8. The Morgan fingerprint density at radius 1 is 0.492 bits per heavy atom. The molecular weight excluding hydrogens is 1530 g/mol. The van der Waals surface area contributed by atoms with E-state index in [-0.39, 0.29) is 87.2 Å². The zero-order valence-electron chi connectivity index (χ0n) is 66.3. The maximum Gasteiger partial charge on any atom is 0.248 e. The van der Waals surface area contributed by atoms with Crippen LogP contribution < -0.4 is 81.0 Å². The molecule has 10 amide bonds.